The molecule has 7 heteroatoms. The molecule has 0 N–H and O–H groups in total. The number of hydrogen-bond acceptors (Lipinski definition) is 5. The van der Waals surface area contributed by atoms with Crippen LogP contribution in [0.1, 0.15) is 69.7 Å². The van der Waals surface area contributed by atoms with Crippen molar-refractivity contribution in [2.75, 3.05) is 7.11 Å². The molecule has 1 atom stereocenters. The van der Waals surface area contributed by atoms with Gasteiger partial charge in [0.1, 0.15) is 5.82 Å². The van der Waals surface area contributed by atoms with Crippen LogP contribution in [-0.2, 0) is 0 Å². The minimum atomic E-state index is -0.129. The number of hydrogen-bond donors (Lipinski definition) is 0. The third-order valence-corrected chi connectivity index (χ3v) is 7.02. The number of benzene rings is 2. The monoisotopic (exact) mass is 559 g/mol. The van der Waals surface area contributed by atoms with Crippen LogP contribution in [0.2, 0.25) is 0 Å². The van der Waals surface area contributed by atoms with Crippen molar-refractivity contribution in [2.24, 2.45) is 5.10 Å². The normalized spacial score (nSPS) is 15.8. The van der Waals surface area contributed by atoms with E-state index in [4.69, 9.17) is 14.5 Å². The average Bonchev–Trinajstić information content (AvgIpc) is 2.85. The summed E-state index contributed by atoms with van der Waals surface area (Å²) in [6.45, 7) is 4.13. The van der Waals surface area contributed by atoms with Crippen LogP contribution in [0.3, 0.4) is 0 Å². The Morgan fingerprint density at radius 2 is 2.00 bits per heavy atom. The molecule has 0 unspecified atom stereocenters. The van der Waals surface area contributed by atoms with Crippen molar-refractivity contribution < 1.29 is 9.47 Å². The Morgan fingerprint density at radius 1 is 1.24 bits per heavy atom. The van der Waals surface area contributed by atoms with Crippen LogP contribution in [0.25, 0.3) is 10.9 Å². The van der Waals surface area contributed by atoms with E-state index < -0.39 is 0 Å². The number of fused-ring (bicyclic) bond motifs is 1. The van der Waals surface area contributed by atoms with Crippen LogP contribution in [0.15, 0.2) is 46.3 Å². The second-order valence-electron chi connectivity index (χ2n) is 8.55. The second-order valence-corrected chi connectivity index (χ2v) is 9.72. The van der Waals surface area contributed by atoms with E-state index in [-0.39, 0.29) is 17.6 Å². The Kier molecular flexibility index (Phi) is 7.67. The number of para-hydroxylation sites is 1. The molecule has 33 heavy (non-hydrogen) atoms. The summed E-state index contributed by atoms with van der Waals surface area (Å²) in [5.41, 5.74) is 1.44. The minimum absolute atomic E-state index is 0.0900. The molecule has 1 fully saturated rings. The Morgan fingerprint density at radius 3 is 2.73 bits per heavy atom. The minimum Gasteiger partial charge on any atom is -0.493 e. The van der Waals surface area contributed by atoms with Crippen molar-refractivity contribution >= 4 is 39.7 Å². The lowest BCUT2D eigenvalue weighted by Crippen LogP contribution is -2.25. The van der Waals surface area contributed by atoms with Crippen molar-refractivity contribution in [1.82, 2.24) is 9.66 Å². The van der Waals surface area contributed by atoms with Crippen LogP contribution in [0, 0.1) is 3.57 Å². The van der Waals surface area contributed by atoms with E-state index in [0.29, 0.717) is 11.1 Å². The van der Waals surface area contributed by atoms with Crippen LogP contribution in [0.4, 0.5) is 0 Å². The summed E-state index contributed by atoms with van der Waals surface area (Å²) < 4.78 is 14.1. The molecule has 1 heterocycles. The average molecular weight is 559 g/mol. The van der Waals surface area contributed by atoms with Crippen LogP contribution in [0.5, 0.6) is 11.5 Å². The smallest absolute Gasteiger partial charge is 0.282 e. The predicted molar refractivity (Wildman–Crippen MR) is 141 cm³/mol. The quantitative estimate of drug-likeness (QED) is 0.259. The number of nitrogens with zero attached hydrogens (tertiary/aromatic N) is 3. The fourth-order valence-electron chi connectivity index (χ4n) is 4.22. The molecule has 1 saturated carbocycles. The highest BCUT2D eigenvalue weighted by molar-refractivity contribution is 14.1. The molecule has 0 bridgehead atoms. The van der Waals surface area contributed by atoms with E-state index in [9.17, 15) is 4.79 Å². The molecule has 174 valence electrons. The predicted octanol–water partition coefficient (Wildman–Crippen LogP) is 6.12. The molecule has 4 rings (SSSR count). The zero-order valence-electron chi connectivity index (χ0n) is 19.4. The molecule has 0 radical (unpaired) electrons. The Bertz CT molecular complexity index is 1220. The van der Waals surface area contributed by atoms with Gasteiger partial charge < -0.3 is 9.47 Å². The molecular weight excluding hydrogens is 529 g/mol. The van der Waals surface area contributed by atoms with E-state index in [2.05, 4.69) is 34.6 Å². The van der Waals surface area contributed by atoms with Gasteiger partial charge in [0.05, 0.1) is 33.9 Å². The Labute approximate surface area is 208 Å². The standard InChI is InChI=1S/C26H30IN3O3/c1-4-17(2)33-24-21(27)14-18(15-23(24)32-3)16-28-30-25(19-10-6-5-7-11-19)29-22-13-9-8-12-20(22)26(30)31/h8-9,12-17,19H,4-7,10-11H2,1-3H3/t17-/m0/s1. The lowest BCUT2D eigenvalue weighted by Gasteiger charge is -2.22. The molecule has 3 aromatic rings. The molecule has 6 nitrogen and oxygen atoms in total. The largest absolute Gasteiger partial charge is 0.493 e. The molecular formula is C26H30IN3O3. The fraction of sp³-hybridized carbons (Fsp3) is 0.423. The van der Waals surface area contributed by atoms with Crippen LogP contribution in [-0.4, -0.2) is 29.1 Å². The lowest BCUT2D eigenvalue weighted by molar-refractivity contribution is 0.206. The van der Waals surface area contributed by atoms with Crippen molar-refractivity contribution in [3.63, 3.8) is 0 Å². The summed E-state index contributed by atoms with van der Waals surface area (Å²) >= 11 is 2.25. The maximum atomic E-state index is 13.4. The summed E-state index contributed by atoms with van der Waals surface area (Å²) in [4.78, 5) is 18.3. The third kappa shape index (κ3) is 5.23. The maximum absolute atomic E-state index is 13.4. The molecule has 0 amide bonds. The second kappa shape index (κ2) is 10.7. The molecule has 0 spiro atoms. The molecule has 1 aliphatic rings. The molecule has 2 aromatic carbocycles. The number of ether oxygens (including phenoxy) is 2. The number of rotatable bonds is 7. The van der Waals surface area contributed by atoms with Gasteiger partial charge in [-0.2, -0.15) is 9.78 Å². The first-order valence-corrected chi connectivity index (χ1v) is 12.7. The van der Waals surface area contributed by atoms with E-state index >= 15 is 0 Å². The van der Waals surface area contributed by atoms with Gasteiger partial charge in [-0.05, 0) is 78.6 Å². The summed E-state index contributed by atoms with van der Waals surface area (Å²) in [6, 6.07) is 11.4. The molecule has 0 saturated heterocycles. The van der Waals surface area contributed by atoms with Crippen molar-refractivity contribution in [3.8, 4) is 11.5 Å². The van der Waals surface area contributed by atoms with E-state index in [1.807, 2.05) is 43.3 Å². The van der Waals surface area contributed by atoms with E-state index in [1.54, 1.807) is 13.3 Å². The van der Waals surface area contributed by atoms with Gasteiger partial charge in [0.15, 0.2) is 11.5 Å². The number of aromatic nitrogens is 2. The van der Waals surface area contributed by atoms with Gasteiger partial charge in [-0.25, -0.2) is 4.98 Å². The third-order valence-electron chi connectivity index (χ3n) is 6.22. The lowest BCUT2D eigenvalue weighted by atomic mass is 9.88. The molecule has 0 aliphatic heterocycles. The number of halogens is 1. The van der Waals surface area contributed by atoms with Gasteiger partial charge >= 0.3 is 0 Å². The highest BCUT2D eigenvalue weighted by Gasteiger charge is 2.22. The van der Waals surface area contributed by atoms with Crippen LogP contribution < -0.4 is 15.0 Å². The summed E-state index contributed by atoms with van der Waals surface area (Å²) in [7, 11) is 1.63. The van der Waals surface area contributed by atoms with Gasteiger partial charge in [-0.3, -0.25) is 4.79 Å². The highest BCUT2D eigenvalue weighted by Crippen LogP contribution is 2.35. The zero-order chi connectivity index (χ0) is 23.4. The van der Waals surface area contributed by atoms with E-state index in [0.717, 1.165) is 58.3 Å². The first-order valence-electron chi connectivity index (χ1n) is 11.6. The maximum Gasteiger partial charge on any atom is 0.282 e. The summed E-state index contributed by atoms with van der Waals surface area (Å²) in [6.07, 6.45) is 8.33. The fourth-order valence-corrected chi connectivity index (χ4v) is 4.97. The number of methoxy groups -OCH3 is 1. The molecule has 1 aliphatic carbocycles. The van der Waals surface area contributed by atoms with Gasteiger partial charge in [-0.15, -0.1) is 0 Å². The van der Waals surface area contributed by atoms with Gasteiger partial charge in [-0.1, -0.05) is 38.3 Å². The van der Waals surface area contributed by atoms with Gasteiger partial charge in [0.25, 0.3) is 5.56 Å². The Balaban J connectivity index is 1.76. The molecule has 1 aromatic heterocycles. The van der Waals surface area contributed by atoms with Gasteiger partial charge in [0.2, 0.25) is 0 Å². The summed E-state index contributed by atoms with van der Waals surface area (Å²) in [5.74, 6) is 2.39. The van der Waals surface area contributed by atoms with E-state index in [1.165, 1.54) is 11.1 Å². The highest BCUT2D eigenvalue weighted by atomic mass is 127. The van der Waals surface area contributed by atoms with Crippen molar-refractivity contribution in [2.45, 2.75) is 64.4 Å². The zero-order valence-corrected chi connectivity index (χ0v) is 21.5. The van der Waals surface area contributed by atoms with Crippen molar-refractivity contribution in [1.29, 1.82) is 0 Å². The van der Waals surface area contributed by atoms with Crippen molar-refractivity contribution in [3.05, 3.63) is 61.7 Å². The first kappa shape index (κ1) is 23.7. The van der Waals surface area contributed by atoms with Crippen LogP contribution >= 0.6 is 22.6 Å². The summed E-state index contributed by atoms with van der Waals surface area (Å²) in [5, 5.41) is 5.22. The van der Waals surface area contributed by atoms with Gasteiger partial charge in [0, 0.05) is 5.92 Å². The first-order chi connectivity index (χ1) is 16.0. The Hall–Kier alpha value is -2.42. The topological polar surface area (TPSA) is 65.7 Å². The SMILES string of the molecule is CC[C@H](C)Oc1c(I)cc(C=Nn2c(C3CCCCC3)nc3ccccc3c2=O)cc1OC.